The van der Waals surface area contributed by atoms with Crippen LogP contribution in [0.4, 0.5) is 0 Å². The van der Waals surface area contributed by atoms with E-state index >= 15 is 0 Å². The molecule has 27 heavy (non-hydrogen) atoms. The van der Waals surface area contributed by atoms with Crippen molar-refractivity contribution in [3.05, 3.63) is 47.5 Å². The van der Waals surface area contributed by atoms with Crippen molar-refractivity contribution < 1.29 is 0 Å². The Bertz CT molecular complexity index is 561. The van der Waals surface area contributed by atoms with E-state index in [0.29, 0.717) is 17.3 Å². The maximum absolute atomic E-state index is 2.54. The molecule has 0 aliphatic carbocycles. The van der Waals surface area contributed by atoms with Gasteiger partial charge >= 0.3 is 0 Å². The first-order chi connectivity index (χ1) is 12.6. The maximum Gasteiger partial charge on any atom is -0.0103 e. The molecular weight excluding hydrogens is 324 g/mol. The van der Waals surface area contributed by atoms with E-state index in [0.717, 1.165) is 5.92 Å². The van der Waals surface area contributed by atoms with Crippen LogP contribution in [0.2, 0.25) is 0 Å². The van der Waals surface area contributed by atoms with Crippen molar-refractivity contribution in [2.24, 2.45) is 22.7 Å². The summed E-state index contributed by atoms with van der Waals surface area (Å²) >= 11 is 0. The van der Waals surface area contributed by atoms with Gasteiger partial charge in [-0.05, 0) is 66.3 Å². The SMILES string of the molecule is CCC(=CCC(C)C)CC(C)(CC)C(C)(C)C(CC(C)C)c1ccccc1. The third kappa shape index (κ3) is 6.51. The predicted octanol–water partition coefficient (Wildman–Crippen LogP) is 9.03. The Kier molecular flexibility index (Phi) is 9.32. The molecule has 0 bridgehead atoms. The van der Waals surface area contributed by atoms with Crippen molar-refractivity contribution in [2.45, 2.75) is 100 Å². The van der Waals surface area contributed by atoms with E-state index < -0.39 is 0 Å². The minimum Gasteiger partial charge on any atom is -0.0851 e. The summed E-state index contributed by atoms with van der Waals surface area (Å²) < 4.78 is 0. The second-order valence-electron chi connectivity index (χ2n) is 10.3. The van der Waals surface area contributed by atoms with Crippen LogP contribution in [0.1, 0.15) is 106 Å². The summed E-state index contributed by atoms with van der Waals surface area (Å²) in [5.41, 5.74) is 3.69. The van der Waals surface area contributed by atoms with Crippen molar-refractivity contribution in [2.75, 3.05) is 0 Å². The Hall–Kier alpha value is -1.04. The smallest absolute Gasteiger partial charge is 0.0103 e. The van der Waals surface area contributed by atoms with Gasteiger partial charge in [0.2, 0.25) is 0 Å². The standard InChI is InChI=1S/C27H46/c1-10-23(18-17-21(3)4)20-27(9,11-2)26(7,8)25(19-22(5)6)24-15-13-12-14-16-24/h12-16,18,21-22,25H,10-11,17,19-20H2,1-9H3. The summed E-state index contributed by atoms with van der Waals surface area (Å²) in [4.78, 5) is 0. The molecule has 1 rings (SSSR count). The van der Waals surface area contributed by atoms with Gasteiger partial charge in [-0.3, -0.25) is 0 Å². The van der Waals surface area contributed by atoms with E-state index in [1.165, 1.54) is 37.7 Å². The lowest BCUT2D eigenvalue weighted by Crippen LogP contribution is -2.40. The zero-order valence-electron chi connectivity index (χ0n) is 19.7. The van der Waals surface area contributed by atoms with Crippen LogP contribution in [-0.4, -0.2) is 0 Å². The van der Waals surface area contributed by atoms with Crippen LogP contribution in [0.25, 0.3) is 0 Å². The van der Waals surface area contributed by atoms with Gasteiger partial charge in [0.05, 0.1) is 0 Å². The van der Waals surface area contributed by atoms with E-state index in [2.05, 4.69) is 98.7 Å². The molecule has 0 saturated carbocycles. The molecule has 2 atom stereocenters. The zero-order chi connectivity index (χ0) is 20.7. The molecule has 0 amide bonds. The maximum atomic E-state index is 2.54. The predicted molar refractivity (Wildman–Crippen MR) is 123 cm³/mol. The molecule has 0 aliphatic heterocycles. The van der Waals surface area contributed by atoms with Crippen LogP contribution in [0, 0.1) is 22.7 Å². The van der Waals surface area contributed by atoms with E-state index in [1.807, 2.05) is 0 Å². The average Bonchev–Trinajstić information content (AvgIpc) is 2.63. The normalized spacial score (nSPS) is 16.6. The first-order valence-electron chi connectivity index (χ1n) is 11.3. The minimum atomic E-state index is 0.236. The largest absolute Gasteiger partial charge is 0.0851 e. The highest BCUT2D eigenvalue weighted by atomic mass is 14.5. The number of allylic oxidation sites excluding steroid dienone is 2. The molecular formula is C27H46. The topological polar surface area (TPSA) is 0 Å². The summed E-state index contributed by atoms with van der Waals surface area (Å²) in [5.74, 6) is 2.04. The fourth-order valence-electron chi connectivity index (χ4n) is 4.48. The van der Waals surface area contributed by atoms with Crippen LogP contribution in [0.3, 0.4) is 0 Å². The molecule has 0 nitrogen and oxygen atoms in total. The van der Waals surface area contributed by atoms with Gasteiger partial charge in [-0.1, -0.05) is 104 Å². The molecule has 154 valence electrons. The Morgan fingerprint density at radius 2 is 1.52 bits per heavy atom. The molecule has 0 aromatic heterocycles. The van der Waals surface area contributed by atoms with Crippen LogP contribution in [0.5, 0.6) is 0 Å². The third-order valence-corrected chi connectivity index (χ3v) is 7.07. The fourth-order valence-corrected chi connectivity index (χ4v) is 4.48. The monoisotopic (exact) mass is 370 g/mol. The molecule has 0 saturated heterocycles. The van der Waals surface area contributed by atoms with E-state index in [4.69, 9.17) is 0 Å². The van der Waals surface area contributed by atoms with Gasteiger partial charge in [0.15, 0.2) is 0 Å². The molecule has 0 aliphatic rings. The fraction of sp³-hybridized carbons (Fsp3) is 0.704. The van der Waals surface area contributed by atoms with E-state index in [-0.39, 0.29) is 5.41 Å². The lowest BCUT2D eigenvalue weighted by Gasteiger charge is -2.50. The molecule has 1 aromatic rings. The van der Waals surface area contributed by atoms with Crippen LogP contribution < -0.4 is 0 Å². The average molecular weight is 371 g/mol. The van der Waals surface area contributed by atoms with Crippen molar-refractivity contribution >= 4 is 0 Å². The van der Waals surface area contributed by atoms with Crippen LogP contribution >= 0.6 is 0 Å². The Labute approximate surface area is 170 Å². The molecule has 0 heteroatoms. The Balaban J connectivity index is 3.27. The third-order valence-electron chi connectivity index (χ3n) is 7.07. The minimum absolute atomic E-state index is 0.236. The first kappa shape index (κ1) is 24.0. The second kappa shape index (κ2) is 10.5. The quantitative estimate of drug-likeness (QED) is 0.341. The van der Waals surface area contributed by atoms with Gasteiger partial charge in [-0.25, -0.2) is 0 Å². The zero-order valence-corrected chi connectivity index (χ0v) is 19.7. The van der Waals surface area contributed by atoms with E-state index in [9.17, 15) is 0 Å². The van der Waals surface area contributed by atoms with Crippen molar-refractivity contribution in [3.63, 3.8) is 0 Å². The van der Waals surface area contributed by atoms with Gasteiger partial charge in [-0.2, -0.15) is 0 Å². The first-order valence-corrected chi connectivity index (χ1v) is 11.3. The molecule has 0 heterocycles. The van der Waals surface area contributed by atoms with Crippen molar-refractivity contribution in [1.29, 1.82) is 0 Å². The molecule has 0 radical (unpaired) electrons. The van der Waals surface area contributed by atoms with Crippen LogP contribution in [0.15, 0.2) is 42.0 Å². The molecule has 2 unspecified atom stereocenters. The lowest BCUT2D eigenvalue weighted by atomic mass is 9.54. The van der Waals surface area contributed by atoms with Gasteiger partial charge in [0.25, 0.3) is 0 Å². The van der Waals surface area contributed by atoms with Crippen LogP contribution in [-0.2, 0) is 0 Å². The molecule has 0 spiro atoms. The van der Waals surface area contributed by atoms with E-state index in [1.54, 1.807) is 5.57 Å². The Morgan fingerprint density at radius 1 is 0.926 bits per heavy atom. The highest BCUT2D eigenvalue weighted by Crippen LogP contribution is 2.56. The highest BCUT2D eigenvalue weighted by molar-refractivity contribution is 5.24. The summed E-state index contributed by atoms with van der Waals surface area (Å²) in [6.45, 7) is 21.7. The van der Waals surface area contributed by atoms with Gasteiger partial charge < -0.3 is 0 Å². The second-order valence-corrected chi connectivity index (χ2v) is 10.3. The molecule has 1 aromatic carbocycles. The number of benzene rings is 1. The lowest BCUT2D eigenvalue weighted by molar-refractivity contribution is 0.0433. The van der Waals surface area contributed by atoms with Gasteiger partial charge in [0.1, 0.15) is 0 Å². The van der Waals surface area contributed by atoms with Crippen molar-refractivity contribution in [3.8, 4) is 0 Å². The summed E-state index contributed by atoms with van der Waals surface area (Å²) in [6.07, 6.45) is 8.62. The van der Waals surface area contributed by atoms with Gasteiger partial charge in [-0.15, -0.1) is 0 Å². The summed E-state index contributed by atoms with van der Waals surface area (Å²) in [6, 6.07) is 11.3. The number of rotatable bonds is 11. The van der Waals surface area contributed by atoms with Crippen molar-refractivity contribution in [1.82, 2.24) is 0 Å². The number of hydrogen-bond acceptors (Lipinski definition) is 0. The number of hydrogen-bond donors (Lipinski definition) is 0. The Morgan fingerprint density at radius 3 is 1.96 bits per heavy atom. The molecule has 0 fully saturated rings. The summed E-state index contributed by atoms with van der Waals surface area (Å²) in [5, 5.41) is 0. The van der Waals surface area contributed by atoms with Gasteiger partial charge in [0, 0.05) is 0 Å². The highest BCUT2D eigenvalue weighted by Gasteiger charge is 2.45. The molecule has 0 N–H and O–H groups in total. The summed E-state index contributed by atoms with van der Waals surface area (Å²) in [7, 11) is 0.